The number of aromatic nitrogens is 4. The van der Waals surface area contributed by atoms with Crippen LogP contribution in [0.2, 0.25) is 0 Å². The van der Waals surface area contributed by atoms with Gasteiger partial charge in [-0.3, -0.25) is 4.79 Å². The third-order valence-corrected chi connectivity index (χ3v) is 4.99. The fourth-order valence-electron chi connectivity index (χ4n) is 3.66. The topological polar surface area (TPSA) is 72.7 Å². The summed E-state index contributed by atoms with van der Waals surface area (Å²) in [5.74, 6) is -0.0365. The Hall–Kier alpha value is -3.80. The van der Waals surface area contributed by atoms with E-state index in [1.807, 2.05) is 30.3 Å². The number of carbonyl (C=O) groups excluding carboxylic acids is 1. The standard InChI is InChI=1S/C22H17N5O/c28-22(11-15-5-8-19(9-6-15)27-14-23-25-26-27)24-18-7-10-21-17(13-18)12-16-3-1-2-4-20(16)21/h1-10,13-14H,11-12H2,(H,24,28). The molecule has 0 radical (unpaired) electrons. The Labute approximate surface area is 161 Å². The van der Waals surface area contributed by atoms with Crippen LogP contribution in [0.5, 0.6) is 0 Å². The molecule has 0 spiro atoms. The van der Waals surface area contributed by atoms with Crippen molar-refractivity contribution in [2.75, 3.05) is 5.32 Å². The predicted molar refractivity (Wildman–Crippen MR) is 106 cm³/mol. The maximum Gasteiger partial charge on any atom is 0.228 e. The van der Waals surface area contributed by atoms with Crippen molar-refractivity contribution in [3.05, 3.63) is 89.7 Å². The molecule has 1 aromatic heterocycles. The van der Waals surface area contributed by atoms with E-state index in [9.17, 15) is 4.79 Å². The van der Waals surface area contributed by atoms with Crippen LogP contribution in [0.4, 0.5) is 5.69 Å². The van der Waals surface area contributed by atoms with E-state index in [0.717, 1.165) is 23.4 Å². The lowest BCUT2D eigenvalue weighted by Crippen LogP contribution is -2.14. The van der Waals surface area contributed by atoms with E-state index in [1.54, 1.807) is 4.68 Å². The van der Waals surface area contributed by atoms with Crippen LogP contribution in [0.1, 0.15) is 16.7 Å². The van der Waals surface area contributed by atoms with Crippen molar-refractivity contribution in [1.29, 1.82) is 0 Å². The average molecular weight is 367 g/mol. The van der Waals surface area contributed by atoms with E-state index in [-0.39, 0.29) is 5.91 Å². The second-order valence-corrected chi connectivity index (χ2v) is 6.85. The number of rotatable bonds is 4. The monoisotopic (exact) mass is 367 g/mol. The number of carbonyl (C=O) groups is 1. The molecule has 0 atom stereocenters. The molecule has 3 aromatic carbocycles. The number of hydrogen-bond acceptors (Lipinski definition) is 4. The first-order valence-corrected chi connectivity index (χ1v) is 9.10. The zero-order valence-corrected chi connectivity index (χ0v) is 15.0. The molecule has 0 fully saturated rings. The van der Waals surface area contributed by atoms with E-state index in [2.05, 4.69) is 57.2 Å². The molecule has 0 aliphatic heterocycles. The van der Waals surface area contributed by atoms with E-state index >= 15 is 0 Å². The first-order chi connectivity index (χ1) is 13.8. The minimum Gasteiger partial charge on any atom is -0.326 e. The smallest absolute Gasteiger partial charge is 0.228 e. The fraction of sp³-hybridized carbons (Fsp3) is 0.0909. The normalized spacial score (nSPS) is 11.7. The lowest BCUT2D eigenvalue weighted by Gasteiger charge is -2.08. The molecule has 136 valence electrons. The van der Waals surface area contributed by atoms with Crippen molar-refractivity contribution in [1.82, 2.24) is 20.2 Å². The molecule has 1 N–H and O–H groups in total. The molecule has 0 saturated heterocycles. The van der Waals surface area contributed by atoms with Crippen molar-refractivity contribution in [3.63, 3.8) is 0 Å². The Bertz CT molecular complexity index is 1150. The van der Waals surface area contributed by atoms with Crippen molar-refractivity contribution >= 4 is 11.6 Å². The SMILES string of the molecule is O=C(Cc1ccc(-n2cnnn2)cc1)Nc1ccc2c(c1)Cc1ccccc1-2. The number of anilines is 1. The van der Waals surface area contributed by atoms with Gasteiger partial charge in [0.25, 0.3) is 0 Å². The van der Waals surface area contributed by atoms with Crippen LogP contribution in [0.25, 0.3) is 16.8 Å². The summed E-state index contributed by atoms with van der Waals surface area (Å²) in [5.41, 5.74) is 7.76. The summed E-state index contributed by atoms with van der Waals surface area (Å²) in [6.07, 6.45) is 2.76. The Balaban J connectivity index is 1.27. The van der Waals surface area contributed by atoms with Gasteiger partial charge in [-0.05, 0) is 68.9 Å². The number of amides is 1. The van der Waals surface area contributed by atoms with Crippen molar-refractivity contribution in [2.24, 2.45) is 0 Å². The summed E-state index contributed by atoms with van der Waals surface area (Å²) in [5, 5.41) is 14.1. The fourth-order valence-corrected chi connectivity index (χ4v) is 3.66. The van der Waals surface area contributed by atoms with Gasteiger partial charge in [0.1, 0.15) is 6.33 Å². The first-order valence-electron chi connectivity index (χ1n) is 9.10. The molecule has 6 heteroatoms. The molecule has 0 unspecified atom stereocenters. The van der Waals surface area contributed by atoms with Crippen molar-refractivity contribution in [3.8, 4) is 16.8 Å². The maximum absolute atomic E-state index is 12.5. The van der Waals surface area contributed by atoms with Crippen LogP contribution < -0.4 is 5.32 Å². The Morgan fingerprint density at radius 3 is 2.61 bits per heavy atom. The van der Waals surface area contributed by atoms with Crippen LogP contribution in [0, 0.1) is 0 Å². The van der Waals surface area contributed by atoms with Crippen LogP contribution >= 0.6 is 0 Å². The third kappa shape index (κ3) is 3.05. The highest BCUT2D eigenvalue weighted by Gasteiger charge is 2.18. The number of fused-ring (bicyclic) bond motifs is 3. The Kier molecular flexibility index (Phi) is 3.94. The van der Waals surface area contributed by atoms with Gasteiger partial charge in [-0.25, -0.2) is 4.68 Å². The molecule has 1 heterocycles. The van der Waals surface area contributed by atoms with Gasteiger partial charge in [-0.15, -0.1) is 5.10 Å². The van der Waals surface area contributed by atoms with Gasteiger partial charge in [-0.2, -0.15) is 0 Å². The second kappa shape index (κ2) is 6.74. The molecule has 5 rings (SSSR count). The highest BCUT2D eigenvalue weighted by molar-refractivity contribution is 5.93. The molecule has 1 aliphatic rings. The molecule has 28 heavy (non-hydrogen) atoms. The third-order valence-electron chi connectivity index (χ3n) is 4.99. The van der Waals surface area contributed by atoms with E-state index < -0.39 is 0 Å². The van der Waals surface area contributed by atoms with Gasteiger partial charge in [0.15, 0.2) is 0 Å². The van der Waals surface area contributed by atoms with Gasteiger partial charge in [0.2, 0.25) is 5.91 Å². The van der Waals surface area contributed by atoms with E-state index in [1.165, 1.54) is 28.6 Å². The first kappa shape index (κ1) is 16.4. The summed E-state index contributed by atoms with van der Waals surface area (Å²) in [7, 11) is 0. The van der Waals surface area contributed by atoms with Crippen LogP contribution in [0.3, 0.4) is 0 Å². The lowest BCUT2D eigenvalue weighted by atomic mass is 10.1. The summed E-state index contributed by atoms with van der Waals surface area (Å²) in [4.78, 5) is 12.5. The second-order valence-electron chi connectivity index (χ2n) is 6.85. The number of hydrogen-bond donors (Lipinski definition) is 1. The van der Waals surface area contributed by atoms with Crippen LogP contribution in [-0.2, 0) is 17.6 Å². The zero-order valence-electron chi connectivity index (χ0n) is 15.0. The number of nitrogens with zero attached hydrogens (tertiary/aromatic N) is 4. The summed E-state index contributed by atoms with van der Waals surface area (Å²) < 4.78 is 1.58. The van der Waals surface area contributed by atoms with Gasteiger partial charge in [0.05, 0.1) is 12.1 Å². The van der Waals surface area contributed by atoms with Crippen molar-refractivity contribution in [2.45, 2.75) is 12.8 Å². The zero-order chi connectivity index (χ0) is 18.9. The van der Waals surface area contributed by atoms with Crippen LogP contribution in [-0.4, -0.2) is 26.1 Å². The highest BCUT2D eigenvalue weighted by atomic mass is 16.1. The van der Waals surface area contributed by atoms with Gasteiger partial charge < -0.3 is 5.32 Å². The largest absolute Gasteiger partial charge is 0.326 e. The Morgan fingerprint density at radius 2 is 1.79 bits per heavy atom. The Morgan fingerprint density at radius 1 is 0.964 bits per heavy atom. The number of nitrogens with one attached hydrogen (secondary N) is 1. The molecular formula is C22H17N5O. The minimum atomic E-state index is -0.0365. The van der Waals surface area contributed by atoms with Crippen LogP contribution in [0.15, 0.2) is 73.1 Å². The van der Waals surface area contributed by atoms with Gasteiger partial charge in [-0.1, -0.05) is 42.5 Å². The summed E-state index contributed by atoms with van der Waals surface area (Å²) in [6.45, 7) is 0. The molecule has 4 aromatic rings. The molecule has 0 bridgehead atoms. The van der Waals surface area contributed by atoms with E-state index in [0.29, 0.717) is 6.42 Å². The molecule has 1 aliphatic carbocycles. The molecule has 6 nitrogen and oxygen atoms in total. The lowest BCUT2D eigenvalue weighted by molar-refractivity contribution is -0.115. The molecule has 1 amide bonds. The quantitative estimate of drug-likeness (QED) is 0.528. The van der Waals surface area contributed by atoms with Crippen molar-refractivity contribution < 1.29 is 4.79 Å². The molecule has 0 saturated carbocycles. The summed E-state index contributed by atoms with van der Waals surface area (Å²) >= 11 is 0. The van der Waals surface area contributed by atoms with Gasteiger partial charge in [0, 0.05) is 5.69 Å². The molecular weight excluding hydrogens is 350 g/mol. The summed E-state index contributed by atoms with van der Waals surface area (Å²) in [6, 6.07) is 22.2. The number of tetrazole rings is 1. The minimum absolute atomic E-state index is 0.0365. The van der Waals surface area contributed by atoms with E-state index in [4.69, 9.17) is 0 Å². The number of benzene rings is 3. The predicted octanol–water partition coefficient (Wildman–Crippen LogP) is 3.41. The maximum atomic E-state index is 12.5. The van der Waals surface area contributed by atoms with Gasteiger partial charge >= 0.3 is 0 Å². The average Bonchev–Trinajstić information content (AvgIpc) is 3.36. The highest BCUT2D eigenvalue weighted by Crippen LogP contribution is 2.37.